The van der Waals surface area contributed by atoms with Crippen molar-refractivity contribution in [3.8, 4) is 0 Å². The van der Waals surface area contributed by atoms with E-state index in [4.69, 9.17) is 9.57 Å². The summed E-state index contributed by atoms with van der Waals surface area (Å²) in [6, 6.07) is 0. The fourth-order valence-corrected chi connectivity index (χ4v) is 1.50. The highest BCUT2D eigenvalue weighted by Gasteiger charge is 2.23. The minimum absolute atomic E-state index is 0.0630. The zero-order valence-electron chi connectivity index (χ0n) is 8.28. The third kappa shape index (κ3) is 2.97. The molecule has 1 heterocycles. The first-order valence-electron chi connectivity index (χ1n) is 4.65. The number of nitrogens with zero attached hydrogens (tertiary/aromatic N) is 1. The van der Waals surface area contributed by atoms with Crippen LogP contribution in [0.1, 0.15) is 19.3 Å². The van der Waals surface area contributed by atoms with Gasteiger partial charge in [-0.2, -0.15) is 0 Å². The van der Waals surface area contributed by atoms with Gasteiger partial charge in [-0.3, -0.25) is 9.63 Å². The predicted molar refractivity (Wildman–Crippen MR) is 47.9 cm³/mol. The average Bonchev–Trinajstić information content (AvgIpc) is 2.43. The van der Waals surface area contributed by atoms with Gasteiger partial charge >= 0.3 is 0 Å². The van der Waals surface area contributed by atoms with Crippen LogP contribution in [-0.4, -0.2) is 38.3 Å². The van der Waals surface area contributed by atoms with Crippen LogP contribution in [-0.2, 0) is 14.4 Å². The molecule has 1 fully saturated rings. The Bertz CT molecular complexity index is 164. The van der Waals surface area contributed by atoms with Gasteiger partial charge in [-0.15, -0.1) is 0 Å². The molecule has 0 spiro atoms. The van der Waals surface area contributed by atoms with Gasteiger partial charge in [0, 0.05) is 26.2 Å². The molecule has 1 unspecified atom stereocenters. The van der Waals surface area contributed by atoms with E-state index in [0.29, 0.717) is 6.61 Å². The Morgan fingerprint density at radius 1 is 1.46 bits per heavy atom. The second-order valence-electron chi connectivity index (χ2n) is 3.26. The molecule has 0 bridgehead atoms. The lowest BCUT2D eigenvalue weighted by molar-refractivity contribution is -0.173. The van der Waals surface area contributed by atoms with E-state index in [0.717, 1.165) is 25.9 Å². The summed E-state index contributed by atoms with van der Waals surface area (Å²) >= 11 is 0. The van der Waals surface area contributed by atoms with Crippen LogP contribution >= 0.6 is 0 Å². The lowest BCUT2D eigenvalue weighted by atomic mass is 10.00. The number of hydroxylamine groups is 2. The normalized spacial score (nSPS) is 23.7. The van der Waals surface area contributed by atoms with Crippen LogP contribution < -0.4 is 0 Å². The molecule has 0 aromatic rings. The number of rotatable bonds is 2. The van der Waals surface area contributed by atoms with Crippen molar-refractivity contribution in [2.75, 3.05) is 27.4 Å². The van der Waals surface area contributed by atoms with Crippen LogP contribution in [0.4, 0.5) is 0 Å². The van der Waals surface area contributed by atoms with Gasteiger partial charge in [0.05, 0.1) is 7.11 Å². The minimum Gasteiger partial charge on any atom is -0.381 e. The van der Waals surface area contributed by atoms with Gasteiger partial charge in [0.2, 0.25) is 5.91 Å². The maximum atomic E-state index is 11.6. The standard InChI is InChI=1S/C9H17NO3/c1-10(12-2)9(11)8-4-3-6-13-7-5-8/h8H,3-7H2,1-2H3. The van der Waals surface area contributed by atoms with Gasteiger partial charge < -0.3 is 4.74 Å². The number of carbonyl (C=O) groups is 1. The van der Waals surface area contributed by atoms with Crippen molar-refractivity contribution in [1.29, 1.82) is 0 Å². The molecule has 1 aliphatic rings. The van der Waals surface area contributed by atoms with E-state index in [1.165, 1.54) is 12.2 Å². The smallest absolute Gasteiger partial charge is 0.249 e. The van der Waals surface area contributed by atoms with Gasteiger partial charge in [-0.05, 0) is 19.3 Å². The fraction of sp³-hybridized carbons (Fsp3) is 0.889. The number of carbonyl (C=O) groups excluding carboxylic acids is 1. The Kier molecular flexibility index (Phi) is 4.18. The summed E-state index contributed by atoms with van der Waals surface area (Å²) in [6.45, 7) is 1.47. The topological polar surface area (TPSA) is 38.8 Å². The minimum atomic E-state index is 0.0630. The molecule has 1 saturated heterocycles. The zero-order valence-corrected chi connectivity index (χ0v) is 8.28. The first-order chi connectivity index (χ1) is 6.25. The third-order valence-electron chi connectivity index (χ3n) is 2.39. The van der Waals surface area contributed by atoms with Gasteiger partial charge in [-0.25, -0.2) is 5.06 Å². The largest absolute Gasteiger partial charge is 0.381 e. The Labute approximate surface area is 78.8 Å². The molecule has 13 heavy (non-hydrogen) atoms. The van der Waals surface area contributed by atoms with E-state index < -0.39 is 0 Å². The van der Waals surface area contributed by atoms with Gasteiger partial charge in [-0.1, -0.05) is 0 Å². The molecule has 4 heteroatoms. The number of ether oxygens (including phenoxy) is 1. The molecule has 1 amide bonds. The van der Waals surface area contributed by atoms with Gasteiger partial charge in [0.25, 0.3) is 0 Å². The molecular formula is C9H17NO3. The molecule has 0 radical (unpaired) electrons. The summed E-state index contributed by atoms with van der Waals surface area (Å²) in [5.74, 6) is 0.139. The molecule has 76 valence electrons. The van der Waals surface area contributed by atoms with Gasteiger partial charge in [0.15, 0.2) is 0 Å². The molecule has 1 atom stereocenters. The summed E-state index contributed by atoms with van der Waals surface area (Å²) in [5, 5.41) is 1.30. The Balaban J connectivity index is 2.43. The number of hydrogen-bond donors (Lipinski definition) is 0. The van der Waals surface area contributed by atoms with Crippen molar-refractivity contribution in [3.63, 3.8) is 0 Å². The lowest BCUT2D eigenvalue weighted by Crippen LogP contribution is -2.32. The van der Waals surface area contributed by atoms with Crippen LogP contribution in [0.5, 0.6) is 0 Å². The van der Waals surface area contributed by atoms with E-state index >= 15 is 0 Å². The van der Waals surface area contributed by atoms with E-state index in [2.05, 4.69) is 0 Å². The van der Waals surface area contributed by atoms with E-state index in [9.17, 15) is 4.79 Å². The lowest BCUT2D eigenvalue weighted by Gasteiger charge is -2.19. The zero-order chi connectivity index (χ0) is 9.68. The summed E-state index contributed by atoms with van der Waals surface area (Å²) in [5.41, 5.74) is 0. The molecule has 0 aromatic heterocycles. The van der Waals surface area contributed by atoms with Crippen LogP contribution in [0.25, 0.3) is 0 Å². The van der Waals surface area contributed by atoms with Crippen LogP contribution in [0.3, 0.4) is 0 Å². The molecular weight excluding hydrogens is 170 g/mol. The highest BCUT2D eigenvalue weighted by molar-refractivity contribution is 5.77. The SMILES string of the molecule is CON(C)C(=O)C1CCCOCC1. The maximum absolute atomic E-state index is 11.6. The summed E-state index contributed by atoms with van der Waals surface area (Å²) < 4.78 is 5.28. The van der Waals surface area contributed by atoms with Gasteiger partial charge in [0.1, 0.15) is 0 Å². The van der Waals surface area contributed by atoms with Crippen LogP contribution in [0.15, 0.2) is 0 Å². The quantitative estimate of drug-likeness (QED) is 0.601. The second kappa shape index (κ2) is 5.19. The Morgan fingerprint density at radius 2 is 2.23 bits per heavy atom. The predicted octanol–water partition coefficient (Wildman–Crippen LogP) is 0.823. The first-order valence-corrected chi connectivity index (χ1v) is 4.65. The molecule has 1 rings (SSSR count). The van der Waals surface area contributed by atoms with Crippen molar-refractivity contribution < 1.29 is 14.4 Å². The van der Waals surface area contributed by atoms with Crippen molar-refractivity contribution >= 4 is 5.91 Å². The highest BCUT2D eigenvalue weighted by Crippen LogP contribution is 2.17. The molecule has 0 N–H and O–H groups in total. The Hall–Kier alpha value is -0.610. The molecule has 1 aliphatic heterocycles. The Morgan fingerprint density at radius 3 is 2.92 bits per heavy atom. The van der Waals surface area contributed by atoms with E-state index in [1.54, 1.807) is 7.05 Å². The molecule has 0 aliphatic carbocycles. The third-order valence-corrected chi connectivity index (χ3v) is 2.39. The summed E-state index contributed by atoms with van der Waals surface area (Å²) in [7, 11) is 3.15. The highest BCUT2D eigenvalue weighted by atomic mass is 16.7. The van der Waals surface area contributed by atoms with Crippen LogP contribution in [0, 0.1) is 5.92 Å². The van der Waals surface area contributed by atoms with Crippen molar-refractivity contribution in [2.24, 2.45) is 5.92 Å². The summed E-state index contributed by atoms with van der Waals surface area (Å²) in [4.78, 5) is 16.5. The molecule has 0 aromatic carbocycles. The fourth-order valence-electron chi connectivity index (χ4n) is 1.50. The maximum Gasteiger partial charge on any atom is 0.249 e. The van der Waals surface area contributed by atoms with Crippen molar-refractivity contribution in [2.45, 2.75) is 19.3 Å². The van der Waals surface area contributed by atoms with Crippen molar-refractivity contribution in [1.82, 2.24) is 5.06 Å². The second-order valence-corrected chi connectivity index (χ2v) is 3.26. The average molecular weight is 187 g/mol. The van der Waals surface area contributed by atoms with E-state index in [-0.39, 0.29) is 11.8 Å². The number of hydrogen-bond acceptors (Lipinski definition) is 3. The van der Waals surface area contributed by atoms with Crippen LogP contribution in [0.2, 0.25) is 0 Å². The number of amides is 1. The monoisotopic (exact) mass is 187 g/mol. The van der Waals surface area contributed by atoms with Crippen molar-refractivity contribution in [3.05, 3.63) is 0 Å². The van der Waals surface area contributed by atoms with E-state index in [1.807, 2.05) is 0 Å². The first kappa shape index (κ1) is 10.5. The summed E-state index contributed by atoms with van der Waals surface area (Å²) in [6.07, 6.45) is 2.69. The molecule has 0 saturated carbocycles. The molecule has 4 nitrogen and oxygen atoms in total.